The third kappa shape index (κ3) is 3.57. The van der Waals surface area contributed by atoms with E-state index in [1.807, 2.05) is 24.4 Å². The standard InChI is InChI=1S/C14H16N4O2S/c1-2-18(9-11-4-3-7-21-11)14(19)12-6-5-10(8-16-12)13(15)17-20/h3-8,20H,2,9H2,1H3,(H2,15,17). The van der Waals surface area contributed by atoms with Crippen LogP contribution in [0.4, 0.5) is 0 Å². The van der Waals surface area contributed by atoms with Gasteiger partial charge in [-0.2, -0.15) is 0 Å². The summed E-state index contributed by atoms with van der Waals surface area (Å²) in [4.78, 5) is 19.3. The second-order valence-electron chi connectivity index (χ2n) is 4.32. The molecule has 0 spiro atoms. The van der Waals surface area contributed by atoms with Crippen molar-refractivity contribution in [1.82, 2.24) is 9.88 Å². The van der Waals surface area contributed by atoms with E-state index in [0.29, 0.717) is 24.3 Å². The van der Waals surface area contributed by atoms with Crippen LogP contribution in [0.2, 0.25) is 0 Å². The molecule has 6 nitrogen and oxygen atoms in total. The smallest absolute Gasteiger partial charge is 0.272 e. The van der Waals surface area contributed by atoms with E-state index in [-0.39, 0.29) is 11.7 Å². The molecule has 2 rings (SSSR count). The minimum Gasteiger partial charge on any atom is -0.409 e. The molecule has 2 aromatic heterocycles. The van der Waals surface area contributed by atoms with Gasteiger partial charge in [-0.25, -0.2) is 0 Å². The van der Waals surface area contributed by atoms with E-state index in [4.69, 9.17) is 10.9 Å². The summed E-state index contributed by atoms with van der Waals surface area (Å²) in [6.07, 6.45) is 1.42. The zero-order chi connectivity index (χ0) is 15.2. The molecule has 0 saturated carbocycles. The van der Waals surface area contributed by atoms with Crippen LogP contribution in [-0.4, -0.2) is 33.4 Å². The van der Waals surface area contributed by atoms with Crippen molar-refractivity contribution in [3.8, 4) is 0 Å². The molecule has 21 heavy (non-hydrogen) atoms. The van der Waals surface area contributed by atoms with Crippen LogP contribution in [0.3, 0.4) is 0 Å². The molecule has 0 aliphatic heterocycles. The SMILES string of the molecule is CCN(Cc1cccs1)C(=O)c1ccc(C(N)=NO)cn1. The van der Waals surface area contributed by atoms with Crippen molar-refractivity contribution in [2.45, 2.75) is 13.5 Å². The Balaban J connectivity index is 2.14. The number of carbonyl (C=O) groups is 1. The molecular formula is C14H16N4O2S. The van der Waals surface area contributed by atoms with Crippen molar-refractivity contribution in [2.75, 3.05) is 6.54 Å². The van der Waals surface area contributed by atoms with Crippen LogP contribution in [-0.2, 0) is 6.54 Å². The number of oxime groups is 1. The second-order valence-corrected chi connectivity index (χ2v) is 5.35. The normalized spacial score (nSPS) is 11.4. The first-order valence-electron chi connectivity index (χ1n) is 6.41. The predicted molar refractivity (Wildman–Crippen MR) is 81.5 cm³/mol. The first kappa shape index (κ1) is 15.0. The number of nitrogens with two attached hydrogens (primary N) is 1. The van der Waals surface area contributed by atoms with Crippen LogP contribution in [0.1, 0.15) is 27.9 Å². The van der Waals surface area contributed by atoms with E-state index in [1.165, 1.54) is 6.20 Å². The molecule has 0 aliphatic rings. The summed E-state index contributed by atoms with van der Waals surface area (Å²) in [7, 11) is 0. The van der Waals surface area contributed by atoms with E-state index in [2.05, 4.69) is 10.1 Å². The molecule has 2 heterocycles. The van der Waals surface area contributed by atoms with Gasteiger partial charge >= 0.3 is 0 Å². The Morgan fingerprint density at radius 1 is 1.48 bits per heavy atom. The minimum atomic E-state index is -0.142. The Morgan fingerprint density at radius 3 is 2.81 bits per heavy atom. The summed E-state index contributed by atoms with van der Waals surface area (Å²) in [6, 6.07) is 7.14. The van der Waals surface area contributed by atoms with E-state index < -0.39 is 0 Å². The van der Waals surface area contributed by atoms with Crippen molar-refractivity contribution >= 4 is 23.1 Å². The average molecular weight is 304 g/mol. The third-order valence-corrected chi connectivity index (χ3v) is 3.84. The van der Waals surface area contributed by atoms with Gasteiger partial charge in [0.25, 0.3) is 5.91 Å². The zero-order valence-corrected chi connectivity index (χ0v) is 12.4. The Morgan fingerprint density at radius 2 is 2.29 bits per heavy atom. The number of amidine groups is 1. The highest BCUT2D eigenvalue weighted by molar-refractivity contribution is 7.09. The number of thiophene rings is 1. The number of pyridine rings is 1. The highest BCUT2D eigenvalue weighted by Gasteiger charge is 2.16. The van der Waals surface area contributed by atoms with Crippen molar-refractivity contribution < 1.29 is 10.0 Å². The van der Waals surface area contributed by atoms with Crippen LogP contribution in [0, 0.1) is 0 Å². The van der Waals surface area contributed by atoms with Crippen LogP contribution < -0.4 is 5.73 Å². The lowest BCUT2D eigenvalue weighted by Crippen LogP contribution is -2.30. The maximum atomic E-state index is 12.4. The van der Waals surface area contributed by atoms with Crippen molar-refractivity contribution in [2.24, 2.45) is 10.9 Å². The van der Waals surface area contributed by atoms with Crippen LogP contribution >= 0.6 is 11.3 Å². The van der Waals surface area contributed by atoms with Gasteiger partial charge in [0.05, 0.1) is 6.54 Å². The molecule has 1 amide bonds. The highest BCUT2D eigenvalue weighted by Crippen LogP contribution is 2.13. The molecule has 0 unspecified atom stereocenters. The summed E-state index contributed by atoms with van der Waals surface area (Å²) in [5.41, 5.74) is 6.27. The molecule has 0 saturated heterocycles. The zero-order valence-electron chi connectivity index (χ0n) is 11.6. The van der Waals surface area contributed by atoms with Gasteiger partial charge < -0.3 is 15.8 Å². The van der Waals surface area contributed by atoms with E-state index >= 15 is 0 Å². The molecule has 0 fully saturated rings. The first-order valence-corrected chi connectivity index (χ1v) is 7.29. The number of rotatable bonds is 5. The van der Waals surface area contributed by atoms with E-state index in [9.17, 15) is 4.79 Å². The lowest BCUT2D eigenvalue weighted by molar-refractivity contribution is 0.0748. The topological polar surface area (TPSA) is 91.8 Å². The van der Waals surface area contributed by atoms with Crippen molar-refractivity contribution in [3.05, 3.63) is 52.0 Å². The van der Waals surface area contributed by atoms with Crippen molar-refractivity contribution in [3.63, 3.8) is 0 Å². The lowest BCUT2D eigenvalue weighted by Gasteiger charge is -2.19. The van der Waals surface area contributed by atoms with Gasteiger partial charge in [-0.1, -0.05) is 11.2 Å². The second kappa shape index (κ2) is 6.85. The molecular weight excluding hydrogens is 288 g/mol. The third-order valence-electron chi connectivity index (χ3n) is 2.98. The maximum absolute atomic E-state index is 12.4. The van der Waals surface area contributed by atoms with Gasteiger partial charge in [-0.15, -0.1) is 11.3 Å². The molecule has 3 N–H and O–H groups in total. The van der Waals surface area contributed by atoms with Gasteiger partial charge in [0.2, 0.25) is 0 Å². The van der Waals surface area contributed by atoms with Gasteiger partial charge in [0.15, 0.2) is 5.84 Å². The Hall–Kier alpha value is -2.41. The number of hydrogen-bond acceptors (Lipinski definition) is 5. The lowest BCUT2D eigenvalue weighted by atomic mass is 10.2. The fraction of sp³-hybridized carbons (Fsp3) is 0.214. The molecule has 2 aromatic rings. The van der Waals surface area contributed by atoms with Crippen LogP contribution in [0.25, 0.3) is 0 Å². The Labute approximate surface area is 126 Å². The largest absolute Gasteiger partial charge is 0.409 e. The van der Waals surface area contributed by atoms with Crippen LogP contribution in [0.15, 0.2) is 41.0 Å². The quantitative estimate of drug-likeness (QED) is 0.382. The molecule has 7 heteroatoms. The fourth-order valence-electron chi connectivity index (χ4n) is 1.81. The summed E-state index contributed by atoms with van der Waals surface area (Å²) >= 11 is 1.61. The summed E-state index contributed by atoms with van der Waals surface area (Å²) < 4.78 is 0. The molecule has 110 valence electrons. The highest BCUT2D eigenvalue weighted by atomic mass is 32.1. The van der Waals surface area contributed by atoms with Gasteiger partial charge in [-0.3, -0.25) is 9.78 Å². The minimum absolute atomic E-state index is 0.0348. The number of amides is 1. The van der Waals surface area contributed by atoms with E-state index in [0.717, 1.165) is 4.88 Å². The summed E-state index contributed by atoms with van der Waals surface area (Å²) in [5, 5.41) is 13.5. The molecule has 0 aromatic carbocycles. The summed E-state index contributed by atoms with van der Waals surface area (Å²) in [5.74, 6) is -0.176. The van der Waals surface area contributed by atoms with Crippen LogP contribution in [0.5, 0.6) is 0 Å². The van der Waals surface area contributed by atoms with E-state index in [1.54, 1.807) is 28.4 Å². The molecule has 0 aliphatic carbocycles. The number of aromatic nitrogens is 1. The Kier molecular flexibility index (Phi) is 4.89. The monoisotopic (exact) mass is 304 g/mol. The Bertz CT molecular complexity index is 623. The molecule has 0 bridgehead atoms. The molecule has 0 atom stereocenters. The number of nitrogens with zero attached hydrogens (tertiary/aromatic N) is 3. The fourth-order valence-corrected chi connectivity index (χ4v) is 2.53. The number of carbonyl (C=O) groups excluding carboxylic acids is 1. The first-order chi connectivity index (χ1) is 10.2. The molecule has 0 radical (unpaired) electrons. The number of hydrogen-bond donors (Lipinski definition) is 2. The maximum Gasteiger partial charge on any atom is 0.272 e. The average Bonchev–Trinajstić information content (AvgIpc) is 3.04. The predicted octanol–water partition coefficient (Wildman–Crippen LogP) is 1.90. The van der Waals surface area contributed by atoms with Crippen molar-refractivity contribution in [1.29, 1.82) is 0 Å². The van der Waals surface area contributed by atoms with Gasteiger partial charge in [0, 0.05) is 23.2 Å². The van der Waals surface area contributed by atoms with Gasteiger partial charge in [0.1, 0.15) is 5.69 Å². The summed E-state index contributed by atoms with van der Waals surface area (Å²) in [6.45, 7) is 3.09. The van der Waals surface area contributed by atoms with Gasteiger partial charge in [-0.05, 0) is 30.5 Å².